The lowest BCUT2D eigenvalue weighted by molar-refractivity contribution is -0.142. The number of pyridine rings is 1. The minimum absolute atomic E-state index is 0.234. The Kier molecular flexibility index (Phi) is 3.75. The Bertz CT molecular complexity index is 1150. The van der Waals surface area contributed by atoms with Crippen molar-refractivity contribution in [1.82, 2.24) is 4.98 Å². The van der Waals surface area contributed by atoms with Gasteiger partial charge in [-0.15, -0.1) is 0 Å². The molecule has 0 radical (unpaired) electrons. The van der Waals surface area contributed by atoms with Crippen molar-refractivity contribution < 1.29 is 13.9 Å². The minimum Gasteiger partial charge on any atom is -0.467 e. The SMILES string of the molecule is COC(=O)C1C2CC2CN1c1ccc2c(-c3ccccc3C)cc(=O)oc2n1. The summed E-state index contributed by atoms with van der Waals surface area (Å²) in [4.78, 5) is 31.1. The van der Waals surface area contributed by atoms with Gasteiger partial charge in [0, 0.05) is 23.6 Å². The molecule has 1 aliphatic carbocycles. The molecule has 5 rings (SSSR count). The topological polar surface area (TPSA) is 72.6 Å². The fourth-order valence-corrected chi connectivity index (χ4v) is 4.42. The fraction of sp³-hybridized carbons (Fsp3) is 0.318. The minimum atomic E-state index is -0.441. The van der Waals surface area contributed by atoms with Crippen LogP contribution in [0, 0.1) is 18.8 Å². The van der Waals surface area contributed by atoms with E-state index in [-0.39, 0.29) is 17.7 Å². The number of esters is 1. The van der Waals surface area contributed by atoms with Crippen LogP contribution in [0.25, 0.3) is 22.2 Å². The first kappa shape index (κ1) is 17.0. The van der Waals surface area contributed by atoms with E-state index in [4.69, 9.17) is 9.15 Å². The van der Waals surface area contributed by atoms with Crippen LogP contribution < -0.4 is 10.5 Å². The van der Waals surface area contributed by atoms with Gasteiger partial charge in [-0.2, -0.15) is 4.98 Å². The number of carbonyl (C=O) groups is 1. The molecule has 0 bridgehead atoms. The molecule has 1 aromatic carbocycles. The summed E-state index contributed by atoms with van der Waals surface area (Å²) in [7, 11) is 1.41. The van der Waals surface area contributed by atoms with E-state index < -0.39 is 5.63 Å². The molecular weight excluding hydrogens is 356 g/mol. The summed E-state index contributed by atoms with van der Waals surface area (Å²) in [5, 5.41) is 0.775. The summed E-state index contributed by atoms with van der Waals surface area (Å²) in [6.45, 7) is 2.78. The molecule has 2 aromatic heterocycles. The zero-order chi connectivity index (χ0) is 19.4. The predicted molar refractivity (Wildman–Crippen MR) is 105 cm³/mol. The number of carbonyl (C=O) groups excluding carboxylic acids is 1. The standard InChI is InChI=1S/C22H20N2O4/c1-12-5-3-4-6-14(12)17-10-19(25)28-21-15(17)7-8-18(23-21)24-11-13-9-16(13)20(24)22(26)27-2/h3-8,10,13,16,20H,9,11H2,1-2H3. The van der Waals surface area contributed by atoms with Crippen LogP contribution in [-0.2, 0) is 9.53 Å². The number of aromatic nitrogens is 1. The van der Waals surface area contributed by atoms with Crippen LogP contribution in [0.3, 0.4) is 0 Å². The van der Waals surface area contributed by atoms with Crippen LogP contribution in [0.5, 0.6) is 0 Å². The van der Waals surface area contributed by atoms with E-state index in [2.05, 4.69) is 4.98 Å². The zero-order valence-electron chi connectivity index (χ0n) is 15.7. The number of fused-ring (bicyclic) bond motifs is 2. The van der Waals surface area contributed by atoms with Gasteiger partial charge in [0.15, 0.2) is 0 Å². The van der Waals surface area contributed by atoms with Crippen LogP contribution in [0.2, 0.25) is 0 Å². The molecule has 3 atom stereocenters. The number of methoxy groups -OCH3 is 1. The number of hydrogen-bond donors (Lipinski definition) is 0. The molecule has 0 spiro atoms. The second-order valence-electron chi connectivity index (χ2n) is 7.60. The van der Waals surface area contributed by atoms with Gasteiger partial charge in [-0.3, -0.25) is 0 Å². The monoisotopic (exact) mass is 376 g/mol. The predicted octanol–water partition coefficient (Wildman–Crippen LogP) is 3.16. The summed E-state index contributed by atoms with van der Waals surface area (Å²) < 4.78 is 10.4. The van der Waals surface area contributed by atoms with Crippen molar-refractivity contribution in [2.75, 3.05) is 18.6 Å². The largest absolute Gasteiger partial charge is 0.467 e. The van der Waals surface area contributed by atoms with Gasteiger partial charge in [-0.1, -0.05) is 24.3 Å². The molecule has 3 unspecified atom stereocenters. The Morgan fingerprint density at radius 3 is 2.82 bits per heavy atom. The van der Waals surface area contributed by atoms with Gasteiger partial charge >= 0.3 is 11.6 Å². The Morgan fingerprint density at radius 2 is 2.04 bits per heavy atom. The van der Waals surface area contributed by atoms with Crippen molar-refractivity contribution in [1.29, 1.82) is 0 Å². The van der Waals surface area contributed by atoms with E-state index in [1.54, 1.807) is 0 Å². The second kappa shape index (κ2) is 6.19. The molecule has 1 aliphatic heterocycles. The van der Waals surface area contributed by atoms with Gasteiger partial charge < -0.3 is 14.1 Å². The first-order valence-electron chi connectivity index (χ1n) is 9.42. The molecule has 3 aromatic rings. The Hall–Kier alpha value is -3.15. The Labute approximate surface area is 161 Å². The Morgan fingerprint density at radius 1 is 1.21 bits per heavy atom. The maximum absolute atomic E-state index is 12.3. The quantitative estimate of drug-likeness (QED) is 0.654. The third kappa shape index (κ3) is 2.59. The van der Waals surface area contributed by atoms with E-state index in [0.717, 1.165) is 35.0 Å². The molecule has 0 N–H and O–H groups in total. The van der Waals surface area contributed by atoms with Crippen molar-refractivity contribution in [2.45, 2.75) is 19.4 Å². The van der Waals surface area contributed by atoms with Crippen molar-refractivity contribution in [3.05, 3.63) is 58.4 Å². The number of ether oxygens (including phenoxy) is 1. The van der Waals surface area contributed by atoms with Gasteiger partial charge in [0.2, 0.25) is 5.71 Å². The van der Waals surface area contributed by atoms with Crippen molar-refractivity contribution in [2.24, 2.45) is 11.8 Å². The van der Waals surface area contributed by atoms with E-state index in [0.29, 0.717) is 17.7 Å². The maximum atomic E-state index is 12.3. The molecule has 142 valence electrons. The first-order valence-corrected chi connectivity index (χ1v) is 9.42. The third-order valence-corrected chi connectivity index (χ3v) is 5.92. The lowest BCUT2D eigenvalue weighted by atomic mass is 9.99. The van der Waals surface area contributed by atoms with Crippen LogP contribution in [0.4, 0.5) is 5.82 Å². The summed E-state index contributed by atoms with van der Waals surface area (Å²) in [5.74, 6) is 1.24. The molecular formula is C22H20N2O4. The maximum Gasteiger partial charge on any atom is 0.338 e. The fourth-order valence-electron chi connectivity index (χ4n) is 4.42. The number of aryl methyl sites for hydroxylation is 1. The van der Waals surface area contributed by atoms with Gasteiger partial charge in [0.1, 0.15) is 11.9 Å². The average Bonchev–Trinajstić information content (AvgIpc) is 3.36. The molecule has 3 heterocycles. The van der Waals surface area contributed by atoms with Crippen molar-refractivity contribution in [3.63, 3.8) is 0 Å². The smallest absolute Gasteiger partial charge is 0.338 e. The van der Waals surface area contributed by atoms with Crippen LogP contribution in [0.15, 0.2) is 51.7 Å². The van der Waals surface area contributed by atoms with Gasteiger partial charge in [0.05, 0.1) is 7.11 Å². The summed E-state index contributed by atoms with van der Waals surface area (Å²) in [6.07, 6.45) is 1.05. The van der Waals surface area contributed by atoms with Crippen LogP contribution in [0.1, 0.15) is 12.0 Å². The molecule has 2 aliphatic rings. The number of piperidine rings is 1. The number of rotatable bonds is 3. The second-order valence-corrected chi connectivity index (χ2v) is 7.60. The molecule has 28 heavy (non-hydrogen) atoms. The first-order chi connectivity index (χ1) is 13.6. The highest BCUT2D eigenvalue weighted by Gasteiger charge is 2.56. The Balaban J connectivity index is 1.62. The van der Waals surface area contributed by atoms with Gasteiger partial charge in [0.25, 0.3) is 0 Å². The molecule has 2 fully saturated rings. The van der Waals surface area contributed by atoms with Crippen LogP contribution >= 0.6 is 0 Å². The lowest BCUT2D eigenvalue weighted by Crippen LogP contribution is -2.40. The van der Waals surface area contributed by atoms with Crippen molar-refractivity contribution in [3.8, 4) is 11.1 Å². The highest BCUT2D eigenvalue weighted by Crippen LogP contribution is 2.51. The highest BCUT2D eigenvalue weighted by atomic mass is 16.5. The number of nitrogens with zero attached hydrogens (tertiary/aromatic N) is 2. The van der Waals surface area contributed by atoms with Crippen molar-refractivity contribution >= 4 is 22.9 Å². The highest BCUT2D eigenvalue weighted by molar-refractivity contribution is 5.93. The molecule has 6 heteroatoms. The average molecular weight is 376 g/mol. The third-order valence-electron chi connectivity index (χ3n) is 5.92. The molecule has 6 nitrogen and oxygen atoms in total. The van der Waals surface area contributed by atoms with Crippen LogP contribution in [-0.4, -0.2) is 30.6 Å². The molecule has 1 saturated carbocycles. The van der Waals surface area contributed by atoms with Gasteiger partial charge in [-0.05, 0) is 48.4 Å². The van der Waals surface area contributed by atoms with E-state index >= 15 is 0 Å². The van der Waals surface area contributed by atoms with E-state index in [1.165, 1.54) is 13.2 Å². The summed E-state index contributed by atoms with van der Waals surface area (Å²) in [5.41, 5.74) is 2.70. The summed E-state index contributed by atoms with van der Waals surface area (Å²) in [6, 6.07) is 12.9. The summed E-state index contributed by atoms with van der Waals surface area (Å²) >= 11 is 0. The lowest BCUT2D eigenvalue weighted by Gasteiger charge is -2.26. The van der Waals surface area contributed by atoms with E-state index in [1.807, 2.05) is 48.2 Å². The molecule has 0 amide bonds. The molecule has 1 saturated heterocycles. The number of anilines is 1. The number of hydrogen-bond acceptors (Lipinski definition) is 6. The number of benzene rings is 1. The normalized spacial score (nSPS) is 22.9. The van der Waals surface area contributed by atoms with Gasteiger partial charge in [-0.25, -0.2) is 9.59 Å². The zero-order valence-corrected chi connectivity index (χ0v) is 15.7. The van der Waals surface area contributed by atoms with E-state index in [9.17, 15) is 9.59 Å².